The lowest BCUT2D eigenvalue weighted by molar-refractivity contribution is 0.369. The quantitative estimate of drug-likeness (QED) is 0.231. The number of benzene rings is 4. The molecule has 4 aromatic carbocycles. The van der Waals surface area contributed by atoms with Crippen molar-refractivity contribution in [3.63, 3.8) is 0 Å². The molecule has 2 heterocycles. The molecule has 6 aromatic rings. The molecule has 8 heteroatoms. The Balaban J connectivity index is 1.76. The van der Waals surface area contributed by atoms with Crippen molar-refractivity contribution in [1.29, 1.82) is 0 Å². The van der Waals surface area contributed by atoms with E-state index in [9.17, 15) is 19.2 Å². The highest BCUT2D eigenvalue weighted by atomic mass is 16.2. The van der Waals surface area contributed by atoms with Crippen LogP contribution < -0.4 is 22.5 Å². The van der Waals surface area contributed by atoms with Gasteiger partial charge in [-0.1, -0.05) is 72.8 Å². The summed E-state index contributed by atoms with van der Waals surface area (Å²) < 4.78 is 2.49. The summed E-state index contributed by atoms with van der Waals surface area (Å²) in [5.41, 5.74) is 2.75. The number of nitrogens with one attached hydrogen (secondary N) is 2. The molecule has 0 spiro atoms. The molecule has 46 heavy (non-hydrogen) atoms. The molecule has 0 bridgehead atoms. The van der Waals surface area contributed by atoms with Crippen molar-refractivity contribution in [2.24, 2.45) is 0 Å². The molecule has 0 fully saturated rings. The number of rotatable bonds is 4. The molecule has 6 rings (SSSR count). The molecule has 0 saturated carbocycles. The normalized spacial score (nSPS) is 12.8. The standard InChI is InChI=1S/C38H36N4O4/c1-37(2,3)41-33(43)27-21-25(17-19-29(27)39-35(41)45)31(23-13-9-7-10-14-23)32(24-15-11-8-12-16-24)26-18-20-30-28(22-26)34(44)42(36(46)40-30)38(4,5)6/h7-22H,1-6H3,(H,39,45)(H,40,46)/b32-31-. The monoisotopic (exact) mass is 612 g/mol. The number of H-pyrrole nitrogens is 2. The second-order valence-electron chi connectivity index (χ2n) is 13.5. The first-order valence-corrected chi connectivity index (χ1v) is 15.2. The summed E-state index contributed by atoms with van der Waals surface area (Å²) in [6.45, 7) is 10.9. The maximum absolute atomic E-state index is 13.8. The molecular formula is C38H36N4O4. The highest BCUT2D eigenvalue weighted by Crippen LogP contribution is 2.38. The van der Waals surface area contributed by atoms with Gasteiger partial charge in [0.2, 0.25) is 0 Å². The van der Waals surface area contributed by atoms with Crippen molar-refractivity contribution in [2.75, 3.05) is 0 Å². The summed E-state index contributed by atoms with van der Waals surface area (Å²) in [6.07, 6.45) is 0. The van der Waals surface area contributed by atoms with Gasteiger partial charge in [-0.25, -0.2) is 9.59 Å². The lowest BCUT2D eigenvalue weighted by atomic mass is 9.85. The molecule has 0 radical (unpaired) electrons. The van der Waals surface area contributed by atoms with E-state index in [-0.39, 0.29) is 11.1 Å². The van der Waals surface area contributed by atoms with Crippen molar-refractivity contribution in [3.8, 4) is 0 Å². The average molecular weight is 613 g/mol. The molecular weight excluding hydrogens is 576 g/mol. The molecule has 0 aliphatic heterocycles. The Kier molecular flexibility index (Phi) is 7.39. The van der Waals surface area contributed by atoms with Crippen LogP contribution in [0.3, 0.4) is 0 Å². The van der Waals surface area contributed by atoms with Crippen LogP contribution in [0.25, 0.3) is 33.0 Å². The second kappa shape index (κ2) is 11.1. The second-order valence-corrected chi connectivity index (χ2v) is 13.5. The van der Waals surface area contributed by atoms with E-state index in [0.717, 1.165) is 33.4 Å². The van der Waals surface area contributed by atoms with Crippen molar-refractivity contribution in [1.82, 2.24) is 19.1 Å². The van der Waals surface area contributed by atoms with Gasteiger partial charge < -0.3 is 9.97 Å². The van der Waals surface area contributed by atoms with Crippen molar-refractivity contribution >= 4 is 33.0 Å². The van der Waals surface area contributed by atoms with Crippen LogP contribution in [-0.4, -0.2) is 19.1 Å². The lowest BCUT2D eigenvalue weighted by Gasteiger charge is -2.22. The largest absolute Gasteiger partial charge is 0.329 e. The van der Waals surface area contributed by atoms with E-state index >= 15 is 0 Å². The van der Waals surface area contributed by atoms with E-state index < -0.39 is 22.5 Å². The smallest absolute Gasteiger partial charge is 0.307 e. The highest BCUT2D eigenvalue weighted by molar-refractivity contribution is 6.06. The number of fused-ring (bicyclic) bond motifs is 2. The zero-order valence-electron chi connectivity index (χ0n) is 26.8. The molecule has 0 amide bonds. The van der Waals surface area contributed by atoms with Crippen LogP contribution in [0.15, 0.2) is 116 Å². The number of hydrogen-bond donors (Lipinski definition) is 2. The Morgan fingerprint density at radius 1 is 0.478 bits per heavy atom. The van der Waals surface area contributed by atoms with Gasteiger partial charge in [-0.05, 0) is 99.2 Å². The fourth-order valence-electron chi connectivity index (χ4n) is 6.08. The van der Waals surface area contributed by atoms with Crippen molar-refractivity contribution in [3.05, 3.63) is 161 Å². The van der Waals surface area contributed by atoms with Crippen molar-refractivity contribution < 1.29 is 0 Å². The third-order valence-corrected chi connectivity index (χ3v) is 8.09. The van der Waals surface area contributed by atoms with Gasteiger partial charge in [-0.15, -0.1) is 0 Å². The lowest BCUT2D eigenvalue weighted by Crippen LogP contribution is -2.44. The summed E-state index contributed by atoms with van der Waals surface area (Å²) >= 11 is 0. The van der Waals surface area contributed by atoms with E-state index in [4.69, 9.17) is 0 Å². The molecule has 0 aliphatic rings. The number of hydrogen-bond acceptors (Lipinski definition) is 4. The van der Waals surface area contributed by atoms with Gasteiger partial charge in [0.1, 0.15) is 0 Å². The molecule has 232 valence electrons. The Morgan fingerprint density at radius 2 is 0.826 bits per heavy atom. The average Bonchev–Trinajstić information content (AvgIpc) is 2.99. The van der Waals surface area contributed by atoms with Crippen LogP contribution >= 0.6 is 0 Å². The zero-order valence-corrected chi connectivity index (χ0v) is 26.8. The first-order valence-electron chi connectivity index (χ1n) is 15.2. The SMILES string of the molecule is CC(C)(C)n1c(=O)[nH]c2ccc(/C(=C(/c3ccccc3)c3ccc4[nH]c(=O)n(C(C)(C)C)c(=O)c4c3)c3ccccc3)cc2c1=O. The first kappa shape index (κ1) is 30.5. The molecule has 2 N–H and O–H groups in total. The van der Waals surface area contributed by atoms with Gasteiger partial charge in [0, 0.05) is 11.1 Å². The predicted octanol–water partition coefficient (Wildman–Crippen LogP) is 6.21. The van der Waals surface area contributed by atoms with Gasteiger partial charge in [-0.3, -0.25) is 18.7 Å². The molecule has 2 aromatic heterocycles. The summed E-state index contributed by atoms with van der Waals surface area (Å²) in [7, 11) is 0. The van der Waals surface area contributed by atoms with Crippen LogP contribution in [0.2, 0.25) is 0 Å². The summed E-state index contributed by atoms with van der Waals surface area (Å²) in [5, 5.41) is 0.772. The predicted molar refractivity (Wildman–Crippen MR) is 186 cm³/mol. The van der Waals surface area contributed by atoms with Crippen molar-refractivity contribution in [2.45, 2.75) is 52.6 Å². The Labute approximate surface area is 265 Å². The van der Waals surface area contributed by atoms with Crippen LogP contribution in [0.4, 0.5) is 0 Å². The Bertz CT molecular complexity index is 2230. The fraction of sp³-hybridized carbons (Fsp3) is 0.211. The minimum Gasteiger partial charge on any atom is -0.307 e. The summed E-state index contributed by atoms with van der Waals surface area (Å²) in [4.78, 5) is 59.2. The molecule has 0 aliphatic carbocycles. The topological polar surface area (TPSA) is 110 Å². The van der Waals surface area contributed by atoms with E-state index in [1.165, 1.54) is 9.13 Å². The maximum Gasteiger partial charge on any atom is 0.329 e. The third kappa shape index (κ3) is 5.36. The maximum atomic E-state index is 13.8. The minimum atomic E-state index is -0.728. The van der Waals surface area contributed by atoms with E-state index in [1.807, 2.05) is 126 Å². The number of aromatic nitrogens is 4. The van der Waals surface area contributed by atoms with Gasteiger partial charge in [-0.2, -0.15) is 0 Å². The van der Waals surface area contributed by atoms with Gasteiger partial charge in [0.05, 0.1) is 21.8 Å². The van der Waals surface area contributed by atoms with Gasteiger partial charge in [0.25, 0.3) is 11.1 Å². The molecule has 0 atom stereocenters. The van der Waals surface area contributed by atoms with Gasteiger partial charge >= 0.3 is 11.4 Å². The first-order chi connectivity index (χ1) is 21.8. The molecule has 0 saturated heterocycles. The van der Waals surface area contributed by atoms with Crippen LogP contribution in [0, 0.1) is 0 Å². The van der Waals surface area contributed by atoms with E-state index in [2.05, 4.69) is 9.97 Å². The summed E-state index contributed by atoms with van der Waals surface area (Å²) in [5.74, 6) is 0. The summed E-state index contributed by atoms with van der Waals surface area (Å²) in [6, 6.07) is 30.7. The fourth-order valence-corrected chi connectivity index (χ4v) is 6.08. The van der Waals surface area contributed by atoms with Crippen LogP contribution in [0.5, 0.6) is 0 Å². The molecule has 0 unspecified atom stereocenters. The Hall–Kier alpha value is -5.50. The zero-order chi connectivity index (χ0) is 33.0. The molecule has 8 nitrogen and oxygen atoms in total. The number of aromatic amines is 2. The third-order valence-electron chi connectivity index (χ3n) is 8.09. The minimum absolute atomic E-state index is 0.376. The van der Waals surface area contributed by atoms with E-state index in [1.54, 1.807) is 12.1 Å². The van der Waals surface area contributed by atoms with Gasteiger partial charge in [0.15, 0.2) is 0 Å². The Morgan fingerprint density at radius 3 is 1.15 bits per heavy atom. The van der Waals surface area contributed by atoms with E-state index in [0.29, 0.717) is 21.8 Å². The van der Waals surface area contributed by atoms with Crippen LogP contribution in [0.1, 0.15) is 63.8 Å². The van der Waals surface area contributed by atoms with Crippen LogP contribution in [-0.2, 0) is 11.1 Å². The number of nitrogens with zero attached hydrogens (tertiary/aromatic N) is 2. The highest BCUT2D eigenvalue weighted by Gasteiger charge is 2.23.